The lowest BCUT2D eigenvalue weighted by atomic mass is 10.2. The van der Waals surface area contributed by atoms with Crippen molar-refractivity contribution in [2.75, 3.05) is 19.0 Å². The number of halogens is 2. The van der Waals surface area contributed by atoms with Gasteiger partial charge in [0.05, 0.1) is 11.7 Å². The minimum Gasteiger partial charge on any atom is -0.385 e. The fourth-order valence-electron chi connectivity index (χ4n) is 1.34. The maximum Gasteiger partial charge on any atom is 0.241 e. The van der Waals surface area contributed by atoms with Crippen molar-refractivity contribution in [3.8, 4) is 0 Å². The maximum absolute atomic E-state index is 11.8. The number of anilines is 1. The van der Waals surface area contributed by atoms with Crippen LogP contribution >= 0.6 is 23.2 Å². The number of nitrogens with zero attached hydrogens (tertiary/aromatic N) is 1. The monoisotopic (exact) mass is 291 g/mol. The molecule has 0 aliphatic heterocycles. The lowest BCUT2D eigenvalue weighted by molar-refractivity contribution is -0.117. The van der Waals surface area contributed by atoms with Crippen LogP contribution in [0.2, 0.25) is 10.3 Å². The van der Waals surface area contributed by atoms with Gasteiger partial charge in [-0.3, -0.25) is 4.79 Å². The highest BCUT2D eigenvalue weighted by molar-refractivity contribution is 6.34. The third kappa shape index (κ3) is 4.10. The highest BCUT2D eigenvalue weighted by atomic mass is 35.5. The smallest absolute Gasteiger partial charge is 0.241 e. The molecule has 18 heavy (non-hydrogen) atoms. The standard InChI is InChI=1S/C11H15Cl2N3O2/c1-6-5-8(12)15-10(13)9(6)16-11(17)7(14)3-4-18-2/h5,7H,3-4,14H2,1-2H3,(H,16,17). The average molecular weight is 292 g/mol. The van der Waals surface area contributed by atoms with Crippen molar-refractivity contribution in [3.63, 3.8) is 0 Å². The van der Waals surface area contributed by atoms with Gasteiger partial charge in [-0.25, -0.2) is 4.98 Å². The van der Waals surface area contributed by atoms with Gasteiger partial charge in [-0.1, -0.05) is 23.2 Å². The van der Waals surface area contributed by atoms with Crippen molar-refractivity contribution < 1.29 is 9.53 Å². The molecule has 1 rings (SSSR count). The summed E-state index contributed by atoms with van der Waals surface area (Å²) in [6, 6.07) is 0.958. The van der Waals surface area contributed by atoms with Crippen LogP contribution in [0.25, 0.3) is 0 Å². The summed E-state index contributed by atoms with van der Waals surface area (Å²) in [5.74, 6) is -0.332. The molecule has 1 unspecified atom stereocenters. The summed E-state index contributed by atoms with van der Waals surface area (Å²) in [5.41, 5.74) is 6.86. The number of amides is 1. The lowest BCUT2D eigenvalue weighted by Crippen LogP contribution is -2.36. The van der Waals surface area contributed by atoms with E-state index in [1.54, 1.807) is 20.1 Å². The molecule has 0 aliphatic carbocycles. The number of methoxy groups -OCH3 is 1. The van der Waals surface area contributed by atoms with Gasteiger partial charge >= 0.3 is 0 Å². The van der Waals surface area contributed by atoms with Crippen LogP contribution in [0.1, 0.15) is 12.0 Å². The summed E-state index contributed by atoms with van der Waals surface area (Å²) >= 11 is 11.7. The number of ether oxygens (including phenoxy) is 1. The number of carbonyl (C=O) groups is 1. The van der Waals surface area contributed by atoms with Gasteiger partial charge in [0.25, 0.3) is 0 Å². The summed E-state index contributed by atoms with van der Waals surface area (Å²) in [5, 5.41) is 3.06. The molecule has 0 aliphatic rings. The predicted molar refractivity (Wildman–Crippen MR) is 72.1 cm³/mol. The van der Waals surface area contributed by atoms with Crippen molar-refractivity contribution in [2.45, 2.75) is 19.4 Å². The van der Waals surface area contributed by atoms with Gasteiger partial charge < -0.3 is 15.8 Å². The van der Waals surface area contributed by atoms with Crippen LogP contribution in [0, 0.1) is 6.92 Å². The number of aromatic nitrogens is 1. The molecule has 3 N–H and O–H groups in total. The average Bonchev–Trinajstić information content (AvgIpc) is 2.30. The Kier molecular flexibility index (Phi) is 5.81. The van der Waals surface area contributed by atoms with Crippen LogP contribution in [0.3, 0.4) is 0 Å². The van der Waals surface area contributed by atoms with Crippen LogP contribution in [0.4, 0.5) is 5.69 Å². The highest BCUT2D eigenvalue weighted by Crippen LogP contribution is 2.26. The summed E-state index contributed by atoms with van der Waals surface area (Å²) in [6.07, 6.45) is 0.431. The number of nitrogens with one attached hydrogen (secondary N) is 1. The Morgan fingerprint density at radius 1 is 1.61 bits per heavy atom. The van der Waals surface area contributed by atoms with Crippen molar-refractivity contribution in [1.29, 1.82) is 0 Å². The molecular formula is C11H15Cl2N3O2. The second kappa shape index (κ2) is 6.89. The van der Waals surface area contributed by atoms with E-state index in [2.05, 4.69) is 10.3 Å². The van der Waals surface area contributed by atoms with Gasteiger partial charge in [-0.05, 0) is 25.0 Å². The van der Waals surface area contributed by atoms with E-state index in [1.807, 2.05) is 0 Å². The highest BCUT2D eigenvalue weighted by Gasteiger charge is 2.16. The van der Waals surface area contributed by atoms with Crippen molar-refractivity contribution in [2.24, 2.45) is 5.73 Å². The first-order valence-electron chi connectivity index (χ1n) is 5.33. The molecule has 0 aromatic carbocycles. The Bertz CT molecular complexity index is 417. The van der Waals surface area contributed by atoms with E-state index < -0.39 is 6.04 Å². The number of hydrogen-bond acceptors (Lipinski definition) is 4. The van der Waals surface area contributed by atoms with Gasteiger partial charge in [-0.2, -0.15) is 0 Å². The van der Waals surface area contributed by atoms with E-state index in [9.17, 15) is 4.79 Å². The van der Waals surface area contributed by atoms with Gasteiger partial charge in [0, 0.05) is 13.7 Å². The summed E-state index contributed by atoms with van der Waals surface area (Å²) in [7, 11) is 1.55. The zero-order valence-corrected chi connectivity index (χ0v) is 11.7. The number of nitrogens with two attached hydrogens (primary N) is 1. The summed E-state index contributed by atoms with van der Waals surface area (Å²) < 4.78 is 4.86. The number of hydrogen-bond donors (Lipinski definition) is 2. The molecule has 1 aromatic heterocycles. The van der Waals surface area contributed by atoms with Crippen molar-refractivity contribution >= 4 is 34.8 Å². The number of carbonyl (C=O) groups excluding carboxylic acids is 1. The Labute approximate surface area is 116 Å². The minimum absolute atomic E-state index is 0.146. The van der Waals surface area contributed by atoms with Crippen molar-refractivity contribution in [3.05, 3.63) is 21.9 Å². The molecule has 1 heterocycles. The molecule has 7 heteroatoms. The first-order chi connectivity index (χ1) is 8.45. The van der Waals surface area contributed by atoms with Crippen LogP contribution < -0.4 is 11.1 Å². The molecule has 0 saturated carbocycles. The van der Waals surface area contributed by atoms with E-state index in [0.29, 0.717) is 18.7 Å². The lowest BCUT2D eigenvalue weighted by Gasteiger charge is -2.14. The molecule has 1 atom stereocenters. The predicted octanol–water partition coefficient (Wildman–Crippen LogP) is 2.00. The molecule has 0 spiro atoms. The Morgan fingerprint density at radius 2 is 2.28 bits per heavy atom. The molecular weight excluding hydrogens is 277 g/mol. The third-order valence-corrected chi connectivity index (χ3v) is 2.83. The zero-order chi connectivity index (χ0) is 13.7. The molecule has 0 radical (unpaired) electrons. The Hall–Kier alpha value is -0.880. The van der Waals surface area contributed by atoms with Gasteiger partial charge in [-0.15, -0.1) is 0 Å². The van der Waals surface area contributed by atoms with E-state index >= 15 is 0 Å². The van der Waals surface area contributed by atoms with Gasteiger partial charge in [0.2, 0.25) is 5.91 Å². The zero-order valence-electron chi connectivity index (χ0n) is 10.2. The van der Waals surface area contributed by atoms with Crippen LogP contribution in [-0.4, -0.2) is 30.6 Å². The van der Waals surface area contributed by atoms with E-state index in [0.717, 1.165) is 5.56 Å². The summed E-state index contributed by atoms with van der Waals surface area (Å²) in [6.45, 7) is 2.19. The Balaban J connectivity index is 2.76. The Morgan fingerprint density at radius 3 is 2.83 bits per heavy atom. The van der Waals surface area contributed by atoms with Gasteiger partial charge in [0.15, 0.2) is 5.15 Å². The molecule has 1 aromatic rings. The SMILES string of the molecule is COCCC(N)C(=O)Nc1c(C)cc(Cl)nc1Cl. The van der Waals surface area contributed by atoms with Crippen LogP contribution in [0.5, 0.6) is 0 Å². The molecule has 5 nitrogen and oxygen atoms in total. The number of aryl methyl sites for hydroxylation is 1. The molecule has 0 fully saturated rings. The maximum atomic E-state index is 11.8. The minimum atomic E-state index is -0.656. The fourth-order valence-corrected chi connectivity index (χ4v) is 1.92. The first-order valence-corrected chi connectivity index (χ1v) is 6.09. The molecule has 1 amide bonds. The van der Waals surface area contributed by atoms with Crippen molar-refractivity contribution in [1.82, 2.24) is 4.98 Å². The molecule has 0 saturated heterocycles. The topological polar surface area (TPSA) is 77.2 Å². The van der Waals surface area contributed by atoms with E-state index in [-0.39, 0.29) is 16.2 Å². The van der Waals surface area contributed by atoms with E-state index in [1.165, 1.54) is 0 Å². The third-order valence-electron chi connectivity index (χ3n) is 2.36. The largest absolute Gasteiger partial charge is 0.385 e. The second-order valence-corrected chi connectivity index (χ2v) is 4.55. The molecule has 0 bridgehead atoms. The van der Waals surface area contributed by atoms with Gasteiger partial charge in [0.1, 0.15) is 5.15 Å². The first kappa shape index (κ1) is 15.2. The normalized spacial score (nSPS) is 12.3. The van der Waals surface area contributed by atoms with Crippen LogP contribution in [0.15, 0.2) is 6.07 Å². The quantitative estimate of drug-likeness (QED) is 0.814. The number of rotatable bonds is 5. The fraction of sp³-hybridized carbons (Fsp3) is 0.455. The molecule has 100 valence electrons. The summed E-state index contributed by atoms with van der Waals surface area (Å²) in [4.78, 5) is 15.7. The van der Waals surface area contributed by atoms with Crippen LogP contribution in [-0.2, 0) is 9.53 Å². The van der Waals surface area contributed by atoms with E-state index in [4.69, 9.17) is 33.7 Å². The second-order valence-electron chi connectivity index (χ2n) is 3.80. The number of pyridine rings is 1.